The fraction of sp³-hybridized carbons (Fsp3) is 0.409. The molecule has 1 fully saturated rings. The topological polar surface area (TPSA) is 32.3 Å². The molecule has 2 aromatic carbocycles. The van der Waals surface area contributed by atoms with Crippen LogP contribution in [0, 0.1) is 12.8 Å². The van der Waals surface area contributed by atoms with Crippen molar-refractivity contribution >= 4 is 17.7 Å². The van der Waals surface area contributed by atoms with Crippen LogP contribution in [0.1, 0.15) is 24.0 Å². The van der Waals surface area contributed by atoms with Crippen molar-refractivity contribution in [1.82, 2.24) is 10.2 Å². The van der Waals surface area contributed by atoms with E-state index in [0.29, 0.717) is 0 Å². The van der Waals surface area contributed by atoms with Crippen LogP contribution in [0.4, 0.5) is 0 Å². The van der Waals surface area contributed by atoms with Crippen molar-refractivity contribution in [2.24, 2.45) is 5.92 Å². The van der Waals surface area contributed by atoms with Crippen LogP contribution in [0.3, 0.4) is 0 Å². The Kier molecular flexibility index (Phi) is 7.15. The number of thioether (sulfide) groups is 1. The number of carbonyl (C=O) groups excluding carboxylic acids is 1. The van der Waals surface area contributed by atoms with Crippen LogP contribution in [-0.4, -0.2) is 36.2 Å². The third-order valence-corrected chi connectivity index (χ3v) is 5.91. The summed E-state index contributed by atoms with van der Waals surface area (Å²) in [5.41, 5.74) is 2.66. The highest BCUT2D eigenvalue weighted by Gasteiger charge is 2.24. The van der Waals surface area contributed by atoms with E-state index in [4.69, 9.17) is 0 Å². The maximum atomic E-state index is 12.4. The van der Waals surface area contributed by atoms with Crippen LogP contribution in [0.15, 0.2) is 59.5 Å². The first-order chi connectivity index (χ1) is 12.7. The van der Waals surface area contributed by atoms with E-state index in [1.54, 1.807) is 11.8 Å². The standard InChI is InChI=1S/C22H28N2OS/c1-18-7-9-19(10-8-18)17-24-14-11-20(12-15-24)22(25)23-13-16-26-21-5-3-2-4-6-21/h2-10,20H,11-17H2,1H3,(H,23,25). The van der Waals surface area contributed by atoms with E-state index < -0.39 is 0 Å². The second-order valence-corrected chi connectivity index (χ2v) is 8.16. The highest BCUT2D eigenvalue weighted by Crippen LogP contribution is 2.20. The Morgan fingerprint density at radius 1 is 1.08 bits per heavy atom. The van der Waals surface area contributed by atoms with Gasteiger partial charge in [-0.1, -0.05) is 48.0 Å². The zero-order chi connectivity index (χ0) is 18.2. The van der Waals surface area contributed by atoms with Crippen molar-refractivity contribution in [1.29, 1.82) is 0 Å². The highest BCUT2D eigenvalue weighted by molar-refractivity contribution is 7.99. The largest absolute Gasteiger partial charge is 0.355 e. The van der Waals surface area contributed by atoms with Crippen LogP contribution in [-0.2, 0) is 11.3 Å². The summed E-state index contributed by atoms with van der Waals surface area (Å²) in [4.78, 5) is 16.1. The van der Waals surface area contributed by atoms with E-state index in [1.165, 1.54) is 16.0 Å². The SMILES string of the molecule is Cc1ccc(CN2CCC(C(=O)NCCSc3ccccc3)CC2)cc1. The molecule has 1 aliphatic heterocycles. The van der Waals surface area contributed by atoms with Crippen LogP contribution < -0.4 is 5.32 Å². The van der Waals surface area contributed by atoms with Gasteiger partial charge in [0.05, 0.1) is 0 Å². The molecule has 1 saturated heterocycles. The maximum absolute atomic E-state index is 12.4. The van der Waals surface area contributed by atoms with Crippen LogP contribution >= 0.6 is 11.8 Å². The van der Waals surface area contributed by atoms with E-state index in [9.17, 15) is 4.79 Å². The highest BCUT2D eigenvalue weighted by atomic mass is 32.2. The molecule has 138 valence electrons. The Morgan fingerprint density at radius 2 is 1.77 bits per heavy atom. The summed E-state index contributed by atoms with van der Waals surface area (Å²) in [5.74, 6) is 1.32. The average Bonchev–Trinajstić information content (AvgIpc) is 2.68. The number of rotatable bonds is 7. The Labute approximate surface area is 161 Å². The molecular weight excluding hydrogens is 340 g/mol. The normalized spacial score (nSPS) is 15.7. The molecule has 1 aliphatic rings. The number of nitrogens with one attached hydrogen (secondary N) is 1. The van der Waals surface area contributed by atoms with E-state index in [1.807, 2.05) is 18.2 Å². The van der Waals surface area contributed by atoms with Gasteiger partial charge in [0, 0.05) is 29.7 Å². The lowest BCUT2D eigenvalue weighted by Gasteiger charge is -2.31. The summed E-state index contributed by atoms with van der Waals surface area (Å²) in [5, 5.41) is 3.12. The van der Waals surface area contributed by atoms with Gasteiger partial charge in [-0.15, -0.1) is 11.8 Å². The van der Waals surface area contributed by atoms with Gasteiger partial charge in [0.15, 0.2) is 0 Å². The number of piperidine rings is 1. The number of hydrogen-bond donors (Lipinski definition) is 1. The molecule has 4 heteroatoms. The Morgan fingerprint density at radius 3 is 2.46 bits per heavy atom. The van der Waals surface area contributed by atoms with Crippen molar-refractivity contribution in [2.75, 3.05) is 25.4 Å². The molecule has 3 nitrogen and oxygen atoms in total. The van der Waals surface area contributed by atoms with Gasteiger partial charge >= 0.3 is 0 Å². The van der Waals surface area contributed by atoms with Gasteiger partial charge in [-0.3, -0.25) is 9.69 Å². The van der Waals surface area contributed by atoms with Gasteiger partial charge in [-0.05, 0) is 50.6 Å². The van der Waals surface area contributed by atoms with E-state index in [0.717, 1.165) is 44.8 Å². The third-order valence-electron chi connectivity index (χ3n) is 4.90. The number of likely N-dealkylation sites (tertiary alicyclic amines) is 1. The van der Waals surface area contributed by atoms with Gasteiger partial charge in [0.2, 0.25) is 5.91 Å². The minimum atomic E-state index is 0.172. The number of amides is 1. The Bertz CT molecular complexity index is 679. The lowest BCUT2D eigenvalue weighted by Crippen LogP contribution is -2.40. The minimum absolute atomic E-state index is 0.172. The lowest BCUT2D eigenvalue weighted by atomic mass is 9.95. The minimum Gasteiger partial charge on any atom is -0.355 e. The van der Waals surface area contributed by atoms with Crippen molar-refractivity contribution in [3.8, 4) is 0 Å². The molecule has 1 N–H and O–H groups in total. The van der Waals surface area contributed by atoms with Gasteiger partial charge in [0.1, 0.15) is 0 Å². The van der Waals surface area contributed by atoms with Gasteiger partial charge in [0.25, 0.3) is 0 Å². The fourth-order valence-corrected chi connectivity index (χ4v) is 4.10. The van der Waals surface area contributed by atoms with Crippen molar-refractivity contribution in [3.63, 3.8) is 0 Å². The molecule has 0 bridgehead atoms. The summed E-state index contributed by atoms with van der Waals surface area (Å²) in [6.45, 7) is 5.85. The third kappa shape index (κ3) is 5.89. The van der Waals surface area contributed by atoms with Crippen LogP contribution in [0.2, 0.25) is 0 Å². The monoisotopic (exact) mass is 368 g/mol. The van der Waals surface area contributed by atoms with E-state index >= 15 is 0 Å². The molecule has 3 rings (SSSR count). The first-order valence-corrected chi connectivity index (χ1v) is 10.4. The summed E-state index contributed by atoms with van der Waals surface area (Å²) < 4.78 is 0. The Balaban J connectivity index is 1.33. The molecule has 0 aliphatic carbocycles. The molecule has 0 spiro atoms. The number of hydrogen-bond acceptors (Lipinski definition) is 3. The second-order valence-electron chi connectivity index (χ2n) is 6.99. The van der Waals surface area contributed by atoms with Crippen molar-refractivity contribution in [2.45, 2.75) is 31.2 Å². The van der Waals surface area contributed by atoms with E-state index in [2.05, 4.69) is 53.5 Å². The molecule has 1 amide bonds. The predicted molar refractivity (Wildman–Crippen MR) is 109 cm³/mol. The summed E-state index contributed by atoms with van der Waals surface area (Å²) in [6.07, 6.45) is 1.92. The molecular formula is C22H28N2OS. The lowest BCUT2D eigenvalue weighted by molar-refractivity contribution is -0.126. The van der Waals surface area contributed by atoms with Crippen LogP contribution in [0.5, 0.6) is 0 Å². The number of nitrogens with zero attached hydrogens (tertiary/aromatic N) is 1. The molecule has 2 aromatic rings. The molecule has 0 aromatic heterocycles. The first kappa shape index (κ1) is 19.0. The van der Waals surface area contributed by atoms with Gasteiger partial charge < -0.3 is 5.32 Å². The average molecular weight is 369 g/mol. The number of benzene rings is 2. The zero-order valence-electron chi connectivity index (χ0n) is 15.5. The number of aryl methyl sites for hydroxylation is 1. The summed E-state index contributed by atoms with van der Waals surface area (Å²) >= 11 is 1.79. The van der Waals surface area contributed by atoms with Crippen LogP contribution in [0.25, 0.3) is 0 Å². The molecule has 0 saturated carbocycles. The molecule has 0 atom stereocenters. The molecule has 0 radical (unpaired) electrons. The fourth-order valence-electron chi connectivity index (χ4n) is 3.31. The van der Waals surface area contributed by atoms with Crippen molar-refractivity contribution < 1.29 is 4.79 Å². The number of carbonyl (C=O) groups is 1. The molecule has 0 unspecified atom stereocenters. The quantitative estimate of drug-likeness (QED) is 0.589. The maximum Gasteiger partial charge on any atom is 0.223 e. The second kappa shape index (κ2) is 9.79. The smallest absolute Gasteiger partial charge is 0.223 e. The zero-order valence-corrected chi connectivity index (χ0v) is 16.3. The predicted octanol–water partition coefficient (Wildman–Crippen LogP) is 4.12. The van der Waals surface area contributed by atoms with E-state index in [-0.39, 0.29) is 11.8 Å². The first-order valence-electron chi connectivity index (χ1n) is 9.44. The summed E-state index contributed by atoms with van der Waals surface area (Å²) in [6, 6.07) is 19.1. The van der Waals surface area contributed by atoms with Gasteiger partial charge in [-0.2, -0.15) is 0 Å². The summed E-state index contributed by atoms with van der Waals surface area (Å²) in [7, 11) is 0. The van der Waals surface area contributed by atoms with Gasteiger partial charge in [-0.25, -0.2) is 0 Å². The van der Waals surface area contributed by atoms with Crippen molar-refractivity contribution in [3.05, 3.63) is 65.7 Å². The molecule has 1 heterocycles. The Hall–Kier alpha value is -1.78. The molecule has 26 heavy (non-hydrogen) atoms.